The van der Waals surface area contributed by atoms with Crippen LogP contribution in [-0.2, 0) is 6.54 Å². The lowest BCUT2D eigenvalue weighted by atomic mass is 10.2. The molecule has 1 N–H and O–H groups in total. The summed E-state index contributed by atoms with van der Waals surface area (Å²) in [7, 11) is 3.29. The summed E-state index contributed by atoms with van der Waals surface area (Å²) in [5, 5.41) is 1.10. The highest BCUT2D eigenvalue weighted by molar-refractivity contribution is 6.31. The fourth-order valence-electron chi connectivity index (χ4n) is 1.90. The van der Waals surface area contributed by atoms with Gasteiger partial charge < -0.3 is 14.6 Å². The molecular formula is C14H14Cl2N2O2. The lowest BCUT2D eigenvalue weighted by Crippen LogP contribution is -2.26. The van der Waals surface area contributed by atoms with Crippen LogP contribution in [0.1, 0.15) is 16.1 Å². The number of aromatic amines is 1. The highest BCUT2D eigenvalue weighted by atomic mass is 35.5. The third-order valence-corrected chi connectivity index (χ3v) is 3.33. The van der Waals surface area contributed by atoms with Gasteiger partial charge in [0.1, 0.15) is 11.4 Å². The average molecular weight is 313 g/mol. The first kappa shape index (κ1) is 14.8. The molecule has 1 aromatic heterocycles. The topological polar surface area (TPSA) is 45.3 Å². The van der Waals surface area contributed by atoms with Gasteiger partial charge in [0, 0.05) is 30.4 Å². The zero-order valence-electron chi connectivity index (χ0n) is 11.1. The molecule has 0 fully saturated rings. The Labute approximate surface area is 127 Å². The van der Waals surface area contributed by atoms with Crippen LogP contribution in [0.4, 0.5) is 0 Å². The first-order valence-electron chi connectivity index (χ1n) is 5.93. The summed E-state index contributed by atoms with van der Waals surface area (Å²) in [6.45, 7) is 0.388. The van der Waals surface area contributed by atoms with E-state index in [4.69, 9.17) is 27.9 Å². The summed E-state index contributed by atoms with van der Waals surface area (Å²) in [4.78, 5) is 16.6. The molecule has 0 saturated heterocycles. The summed E-state index contributed by atoms with van der Waals surface area (Å²) >= 11 is 11.8. The number of hydrogen-bond donors (Lipinski definition) is 1. The number of methoxy groups -OCH3 is 1. The normalized spacial score (nSPS) is 10.4. The van der Waals surface area contributed by atoms with Crippen molar-refractivity contribution in [3.8, 4) is 5.75 Å². The largest absolute Gasteiger partial charge is 0.496 e. The van der Waals surface area contributed by atoms with Crippen LogP contribution in [0.25, 0.3) is 0 Å². The number of halogens is 2. The molecule has 4 nitrogen and oxygen atoms in total. The highest BCUT2D eigenvalue weighted by Crippen LogP contribution is 2.24. The summed E-state index contributed by atoms with van der Waals surface area (Å²) in [5.74, 6) is 0.539. The number of H-pyrrole nitrogens is 1. The molecule has 1 heterocycles. The third kappa shape index (κ3) is 3.26. The van der Waals surface area contributed by atoms with Gasteiger partial charge in [-0.15, -0.1) is 0 Å². The maximum atomic E-state index is 12.2. The zero-order chi connectivity index (χ0) is 14.7. The molecule has 6 heteroatoms. The second-order valence-electron chi connectivity index (χ2n) is 4.35. The van der Waals surface area contributed by atoms with Crippen LogP contribution in [0.2, 0.25) is 10.0 Å². The van der Waals surface area contributed by atoms with Gasteiger partial charge in [0.15, 0.2) is 0 Å². The molecule has 0 spiro atoms. The Morgan fingerprint density at radius 3 is 2.65 bits per heavy atom. The molecule has 0 unspecified atom stereocenters. The number of amides is 1. The number of carbonyl (C=O) groups is 1. The summed E-state index contributed by atoms with van der Waals surface area (Å²) in [6, 6.07) is 6.90. The van der Waals surface area contributed by atoms with Gasteiger partial charge in [0.2, 0.25) is 0 Å². The van der Waals surface area contributed by atoms with Crippen LogP contribution in [0.3, 0.4) is 0 Å². The summed E-state index contributed by atoms with van der Waals surface area (Å²) in [5.41, 5.74) is 1.28. The molecule has 0 atom stereocenters. The van der Waals surface area contributed by atoms with E-state index in [9.17, 15) is 4.79 Å². The van der Waals surface area contributed by atoms with E-state index in [2.05, 4.69) is 4.98 Å². The first-order valence-corrected chi connectivity index (χ1v) is 6.68. The lowest BCUT2D eigenvalue weighted by molar-refractivity contribution is 0.0779. The van der Waals surface area contributed by atoms with E-state index in [1.54, 1.807) is 49.5 Å². The average Bonchev–Trinajstić information content (AvgIpc) is 2.84. The fourth-order valence-corrected chi connectivity index (χ4v) is 2.25. The number of ether oxygens (including phenoxy) is 1. The van der Waals surface area contributed by atoms with Gasteiger partial charge in [-0.3, -0.25) is 4.79 Å². The number of carbonyl (C=O) groups excluding carboxylic acids is 1. The van der Waals surface area contributed by atoms with E-state index in [-0.39, 0.29) is 5.91 Å². The Balaban J connectivity index is 2.17. The zero-order valence-corrected chi connectivity index (χ0v) is 12.6. The van der Waals surface area contributed by atoms with E-state index < -0.39 is 0 Å². The van der Waals surface area contributed by atoms with Crippen LogP contribution in [-0.4, -0.2) is 29.9 Å². The van der Waals surface area contributed by atoms with Crippen molar-refractivity contribution in [3.63, 3.8) is 0 Å². The number of nitrogens with zero attached hydrogens (tertiary/aromatic N) is 1. The first-order chi connectivity index (χ1) is 9.51. The quantitative estimate of drug-likeness (QED) is 0.937. The van der Waals surface area contributed by atoms with Crippen molar-refractivity contribution in [2.75, 3.05) is 14.2 Å². The Bertz CT molecular complexity index is 625. The number of aromatic nitrogens is 1. The van der Waals surface area contributed by atoms with Gasteiger partial charge in [-0.2, -0.15) is 0 Å². The third-order valence-electron chi connectivity index (χ3n) is 2.87. The fraction of sp³-hybridized carbons (Fsp3) is 0.214. The van der Waals surface area contributed by atoms with E-state index in [1.165, 1.54) is 0 Å². The monoisotopic (exact) mass is 312 g/mol. The van der Waals surface area contributed by atoms with Crippen LogP contribution in [0, 0.1) is 0 Å². The molecule has 20 heavy (non-hydrogen) atoms. The molecular weight excluding hydrogens is 299 g/mol. The minimum Gasteiger partial charge on any atom is -0.496 e. The van der Waals surface area contributed by atoms with Gasteiger partial charge >= 0.3 is 0 Å². The van der Waals surface area contributed by atoms with E-state index >= 15 is 0 Å². The van der Waals surface area contributed by atoms with E-state index in [0.717, 1.165) is 5.56 Å². The molecule has 0 saturated carbocycles. The molecule has 1 amide bonds. The van der Waals surface area contributed by atoms with Crippen LogP contribution >= 0.6 is 23.2 Å². The second-order valence-corrected chi connectivity index (χ2v) is 5.22. The van der Waals surface area contributed by atoms with Crippen molar-refractivity contribution in [3.05, 3.63) is 51.8 Å². The summed E-state index contributed by atoms with van der Waals surface area (Å²) < 4.78 is 5.27. The molecule has 2 rings (SSSR count). The molecule has 0 radical (unpaired) electrons. The minimum absolute atomic E-state index is 0.154. The highest BCUT2D eigenvalue weighted by Gasteiger charge is 2.15. The Hall–Kier alpha value is -1.65. The van der Waals surface area contributed by atoms with Crippen LogP contribution in [0.15, 0.2) is 30.5 Å². The van der Waals surface area contributed by atoms with Crippen molar-refractivity contribution in [2.24, 2.45) is 0 Å². The Kier molecular flexibility index (Phi) is 4.57. The maximum Gasteiger partial charge on any atom is 0.270 e. The van der Waals surface area contributed by atoms with Gasteiger partial charge in [0.05, 0.1) is 12.1 Å². The number of hydrogen-bond acceptors (Lipinski definition) is 2. The number of nitrogens with one attached hydrogen (secondary N) is 1. The number of benzene rings is 1. The van der Waals surface area contributed by atoms with Crippen LogP contribution in [0.5, 0.6) is 5.75 Å². The van der Waals surface area contributed by atoms with Gasteiger partial charge in [-0.05, 0) is 24.3 Å². The van der Waals surface area contributed by atoms with Crippen molar-refractivity contribution >= 4 is 29.1 Å². The Morgan fingerprint density at radius 1 is 1.30 bits per heavy atom. The van der Waals surface area contributed by atoms with Gasteiger partial charge in [0.25, 0.3) is 5.91 Å². The molecule has 0 bridgehead atoms. The van der Waals surface area contributed by atoms with E-state index in [0.29, 0.717) is 28.0 Å². The van der Waals surface area contributed by atoms with Crippen molar-refractivity contribution < 1.29 is 9.53 Å². The van der Waals surface area contributed by atoms with Crippen molar-refractivity contribution in [2.45, 2.75) is 6.54 Å². The molecule has 106 valence electrons. The molecule has 1 aromatic carbocycles. The SMILES string of the molecule is COc1ccc(Cl)cc1CN(C)C(=O)c1cc(Cl)c[nH]1. The standard InChI is InChI=1S/C14H14Cl2N2O2/c1-18(14(19)12-6-11(16)7-17-12)8-9-5-10(15)3-4-13(9)20-2/h3-7,17H,8H2,1-2H3. The maximum absolute atomic E-state index is 12.2. The van der Waals surface area contributed by atoms with Crippen LogP contribution < -0.4 is 4.74 Å². The molecule has 2 aromatic rings. The van der Waals surface area contributed by atoms with Crippen molar-refractivity contribution in [1.29, 1.82) is 0 Å². The van der Waals surface area contributed by atoms with Gasteiger partial charge in [-0.1, -0.05) is 23.2 Å². The molecule has 0 aliphatic rings. The Morgan fingerprint density at radius 2 is 2.05 bits per heavy atom. The molecule has 0 aliphatic carbocycles. The van der Waals surface area contributed by atoms with Crippen molar-refractivity contribution in [1.82, 2.24) is 9.88 Å². The predicted molar refractivity (Wildman–Crippen MR) is 79.6 cm³/mol. The number of rotatable bonds is 4. The lowest BCUT2D eigenvalue weighted by Gasteiger charge is -2.18. The minimum atomic E-state index is -0.154. The van der Waals surface area contributed by atoms with Gasteiger partial charge in [-0.25, -0.2) is 0 Å². The molecule has 0 aliphatic heterocycles. The van der Waals surface area contributed by atoms with E-state index in [1.807, 2.05) is 0 Å². The second kappa shape index (κ2) is 6.20. The predicted octanol–water partition coefficient (Wildman–Crippen LogP) is 3.60. The summed E-state index contributed by atoms with van der Waals surface area (Å²) in [6.07, 6.45) is 1.57. The smallest absolute Gasteiger partial charge is 0.270 e.